The van der Waals surface area contributed by atoms with Gasteiger partial charge in [0, 0.05) is 29.7 Å². The van der Waals surface area contributed by atoms with Gasteiger partial charge in [0.15, 0.2) is 16.9 Å². The van der Waals surface area contributed by atoms with Crippen LogP contribution in [0.4, 0.5) is 5.82 Å². The maximum Gasteiger partial charge on any atom is 0.181 e. The van der Waals surface area contributed by atoms with Crippen LogP contribution in [0.15, 0.2) is 36.7 Å². The number of aromatic nitrogens is 6. The van der Waals surface area contributed by atoms with Gasteiger partial charge >= 0.3 is 0 Å². The van der Waals surface area contributed by atoms with Gasteiger partial charge in [-0.1, -0.05) is 11.3 Å². The molecule has 1 aromatic carbocycles. The lowest BCUT2D eigenvalue weighted by molar-refractivity contribution is 0.309. The van der Waals surface area contributed by atoms with Crippen LogP contribution in [0.5, 0.6) is 5.75 Å². The predicted molar refractivity (Wildman–Crippen MR) is 93.4 cm³/mol. The van der Waals surface area contributed by atoms with Crippen LogP contribution in [0.3, 0.4) is 0 Å². The molecule has 3 heterocycles. The van der Waals surface area contributed by atoms with Gasteiger partial charge in [0.1, 0.15) is 18.2 Å². The van der Waals surface area contributed by atoms with E-state index in [0.29, 0.717) is 28.3 Å². The number of fused-ring (bicyclic) bond motifs is 1. The maximum atomic E-state index is 9.50. The van der Waals surface area contributed by atoms with Crippen LogP contribution in [0.1, 0.15) is 17.0 Å². The largest absolute Gasteiger partial charge is 0.486 e. The number of nitriles is 1. The summed E-state index contributed by atoms with van der Waals surface area (Å²) in [4.78, 5) is 8.29. The number of benzene rings is 1. The van der Waals surface area contributed by atoms with Crippen molar-refractivity contribution < 1.29 is 4.74 Å². The molecule has 4 rings (SSSR count). The summed E-state index contributed by atoms with van der Waals surface area (Å²) < 4.78 is 7.74. The number of rotatable bonds is 4. The molecule has 0 unspecified atom stereocenters. The van der Waals surface area contributed by atoms with Crippen molar-refractivity contribution in [2.24, 2.45) is 0 Å². The first-order valence-corrected chi connectivity index (χ1v) is 7.79. The summed E-state index contributed by atoms with van der Waals surface area (Å²) in [7, 11) is 0. The van der Waals surface area contributed by atoms with Crippen LogP contribution in [0, 0.1) is 18.3 Å². The summed E-state index contributed by atoms with van der Waals surface area (Å²) in [6, 6.07) is 9.38. The molecular formula is C17H14N8O. The van der Waals surface area contributed by atoms with Crippen LogP contribution < -0.4 is 10.5 Å². The van der Waals surface area contributed by atoms with Gasteiger partial charge in [-0.15, -0.1) is 5.10 Å². The minimum absolute atomic E-state index is 0.192. The number of aromatic amines is 1. The van der Waals surface area contributed by atoms with Crippen LogP contribution in [0.2, 0.25) is 0 Å². The molecule has 0 spiro atoms. The number of aryl methyl sites for hydroxylation is 1. The molecule has 3 aromatic heterocycles. The molecule has 4 aromatic rings. The molecule has 0 atom stereocenters. The zero-order chi connectivity index (χ0) is 18.1. The molecular weight excluding hydrogens is 332 g/mol. The number of imidazole rings is 1. The Kier molecular flexibility index (Phi) is 3.70. The Bertz CT molecular complexity index is 1140. The molecule has 0 saturated heterocycles. The molecule has 0 aliphatic rings. The fourth-order valence-electron chi connectivity index (χ4n) is 2.69. The average Bonchev–Trinajstić information content (AvgIpc) is 3.28. The third-order valence-electron chi connectivity index (χ3n) is 3.98. The molecule has 26 heavy (non-hydrogen) atoms. The van der Waals surface area contributed by atoms with E-state index in [1.165, 1.54) is 0 Å². The second-order valence-electron chi connectivity index (χ2n) is 5.64. The highest BCUT2D eigenvalue weighted by Gasteiger charge is 2.12. The van der Waals surface area contributed by atoms with Crippen LogP contribution in [-0.2, 0) is 6.61 Å². The van der Waals surface area contributed by atoms with E-state index in [2.05, 4.69) is 31.4 Å². The van der Waals surface area contributed by atoms with Crippen molar-refractivity contribution in [3.8, 4) is 17.5 Å². The summed E-state index contributed by atoms with van der Waals surface area (Å²) in [6.07, 6.45) is 3.57. The lowest BCUT2D eigenvalue weighted by atomic mass is 10.1. The molecule has 0 radical (unpaired) electrons. The Morgan fingerprint density at radius 3 is 3.00 bits per heavy atom. The number of pyridine rings is 1. The Labute approximate surface area is 148 Å². The fraction of sp³-hybridized carbons (Fsp3) is 0.118. The number of hydrogen-bond donors (Lipinski definition) is 2. The highest BCUT2D eigenvalue weighted by Crippen LogP contribution is 2.25. The third kappa shape index (κ3) is 2.69. The quantitative estimate of drug-likeness (QED) is 0.576. The summed E-state index contributed by atoms with van der Waals surface area (Å²) in [5.41, 5.74) is 8.85. The van der Waals surface area contributed by atoms with Crippen molar-refractivity contribution in [3.63, 3.8) is 0 Å². The number of nitrogen functional groups attached to an aromatic ring is 1. The van der Waals surface area contributed by atoms with Gasteiger partial charge in [-0.2, -0.15) is 5.26 Å². The van der Waals surface area contributed by atoms with Crippen molar-refractivity contribution >= 4 is 17.0 Å². The van der Waals surface area contributed by atoms with Gasteiger partial charge in [-0.3, -0.25) is 0 Å². The van der Waals surface area contributed by atoms with E-state index in [1.807, 2.05) is 29.8 Å². The fourth-order valence-corrected chi connectivity index (χ4v) is 2.69. The minimum atomic E-state index is 0.192. The number of H-pyrrole nitrogens is 1. The van der Waals surface area contributed by atoms with Crippen molar-refractivity contribution in [1.82, 2.24) is 29.9 Å². The van der Waals surface area contributed by atoms with Crippen molar-refractivity contribution in [1.29, 1.82) is 5.26 Å². The standard InChI is InChI=1S/C17H14N8O/c1-10-20-4-5-25(10)13-3-2-11(12(6-13)8-18)9-26-14-7-15(19)21-17-16(14)22-24-23-17/h2-7H,9H2,1H3,(H3,19,21,22,23,24). The average molecular weight is 346 g/mol. The van der Waals surface area contributed by atoms with E-state index in [4.69, 9.17) is 10.5 Å². The smallest absolute Gasteiger partial charge is 0.181 e. The number of nitrogens with two attached hydrogens (primary N) is 1. The van der Waals surface area contributed by atoms with Crippen molar-refractivity contribution in [2.75, 3.05) is 5.73 Å². The van der Waals surface area contributed by atoms with E-state index in [9.17, 15) is 5.26 Å². The van der Waals surface area contributed by atoms with E-state index in [0.717, 1.165) is 17.1 Å². The Hall–Kier alpha value is -3.93. The second-order valence-corrected chi connectivity index (χ2v) is 5.64. The molecule has 9 heteroatoms. The van der Waals surface area contributed by atoms with Gasteiger partial charge < -0.3 is 15.0 Å². The number of nitrogens with one attached hydrogen (secondary N) is 1. The Morgan fingerprint density at radius 1 is 1.35 bits per heavy atom. The molecule has 3 N–H and O–H groups in total. The minimum Gasteiger partial charge on any atom is -0.486 e. The first-order chi connectivity index (χ1) is 12.7. The third-order valence-corrected chi connectivity index (χ3v) is 3.98. The lowest BCUT2D eigenvalue weighted by Gasteiger charge is -2.11. The number of nitrogens with zero attached hydrogens (tertiary/aromatic N) is 6. The molecule has 0 bridgehead atoms. The van der Waals surface area contributed by atoms with E-state index >= 15 is 0 Å². The zero-order valence-electron chi connectivity index (χ0n) is 13.8. The maximum absolute atomic E-state index is 9.50. The number of anilines is 1. The lowest BCUT2D eigenvalue weighted by Crippen LogP contribution is -2.03. The summed E-state index contributed by atoms with van der Waals surface area (Å²) in [5, 5.41) is 19.8. The molecule has 128 valence electrons. The number of ether oxygens (including phenoxy) is 1. The highest BCUT2D eigenvalue weighted by molar-refractivity contribution is 5.78. The SMILES string of the molecule is Cc1nccn1-c1ccc(COc2cc(N)nc3[nH]nnc23)c(C#N)c1. The van der Waals surface area contributed by atoms with E-state index in [1.54, 1.807) is 18.3 Å². The predicted octanol–water partition coefficient (Wildman–Crippen LogP) is 1.88. The molecule has 0 aliphatic carbocycles. The first-order valence-electron chi connectivity index (χ1n) is 7.79. The molecule has 0 aliphatic heterocycles. The summed E-state index contributed by atoms with van der Waals surface area (Å²) >= 11 is 0. The van der Waals surface area contributed by atoms with Gasteiger partial charge in [-0.05, 0) is 19.1 Å². The van der Waals surface area contributed by atoms with Crippen molar-refractivity contribution in [2.45, 2.75) is 13.5 Å². The molecule has 9 nitrogen and oxygen atoms in total. The Morgan fingerprint density at radius 2 is 2.23 bits per heavy atom. The van der Waals surface area contributed by atoms with Crippen molar-refractivity contribution in [3.05, 3.63) is 53.6 Å². The van der Waals surface area contributed by atoms with Gasteiger partial charge in [-0.25, -0.2) is 15.1 Å². The summed E-state index contributed by atoms with van der Waals surface area (Å²) in [5.74, 6) is 1.60. The summed E-state index contributed by atoms with van der Waals surface area (Å²) in [6.45, 7) is 2.09. The van der Waals surface area contributed by atoms with E-state index < -0.39 is 0 Å². The van der Waals surface area contributed by atoms with Crippen LogP contribution >= 0.6 is 0 Å². The number of hydrogen-bond acceptors (Lipinski definition) is 7. The zero-order valence-corrected chi connectivity index (χ0v) is 13.8. The van der Waals surface area contributed by atoms with Crippen LogP contribution in [0.25, 0.3) is 16.9 Å². The monoisotopic (exact) mass is 346 g/mol. The normalized spacial score (nSPS) is 10.8. The molecule has 0 amide bonds. The molecule has 0 saturated carbocycles. The van der Waals surface area contributed by atoms with Gasteiger partial charge in [0.2, 0.25) is 0 Å². The topological polar surface area (TPSA) is 131 Å². The molecule has 0 fully saturated rings. The first kappa shape index (κ1) is 15.6. The second kappa shape index (κ2) is 6.18. The Balaban J connectivity index is 1.63. The highest BCUT2D eigenvalue weighted by atomic mass is 16.5. The van der Waals surface area contributed by atoms with Gasteiger partial charge in [0.05, 0.1) is 11.6 Å². The van der Waals surface area contributed by atoms with Crippen LogP contribution in [-0.4, -0.2) is 29.9 Å². The van der Waals surface area contributed by atoms with Gasteiger partial charge in [0.25, 0.3) is 0 Å². The van der Waals surface area contributed by atoms with E-state index in [-0.39, 0.29) is 6.61 Å².